The first-order valence-electron chi connectivity index (χ1n) is 8.40. The summed E-state index contributed by atoms with van der Waals surface area (Å²) in [5.74, 6) is 2.43. The quantitative estimate of drug-likeness (QED) is 0.731. The maximum absolute atomic E-state index is 12.1. The first-order valence-corrected chi connectivity index (χ1v) is 8.40. The van der Waals surface area contributed by atoms with Gasteiger partial charge in [0.05, 0.1) is 21.3 Å². The molecule has 1 fully saturated rings. The predicted octanol–water partition coefficient (Wildman–Crippen LogP) is 2.31. The number of methoxy groups -OCH3 is 3. The minimum Gasteiger partial charge on any atom is -0.496 e. The van der Waals surface area contributed by atoms with Crippen LogP contribution in [0.15, 0.2) is 12.1 Å². The molecule has 7 heteroatoms. The number of nitrogens with one attached hydrogen (secondary N) is 1. The van der Waals surface area contributed by atoms with Gasteiger partial charge in [-0.15, -0.1) is 12.4 Å². The van der Waals surface area contributed by atoms with E-state index in [4.69, 9.17) is 19.9 Å². The van der Waals surface area contributed by atoms with Crippen LogP contribution in [-0.2, 0) is 11.2 Å². The Morgan fingerprint density at radius 1 is 1.16 bits per heavy atom. The van der Waals surface area contributed by atoms with Crippen LogP contribution >= 0.6 is 12.4 Å². The molecule has 1 aliphatic carbocycles. The van der Waals surface area contributed by atoms with Gasteiger partial charge in [0.25, 0.3) is 0 Å². The molecule has 3 N–H and O–H groups in total. The topological polar surface area (TPSA) is 82.8 Å². The first-order chi connectivity index (χ1) is 11.6. The van der Waals surface area contributed by atoms with E-state index in [1.807, 2.05) is 12.1 Å². The number of hydrogen-bond acceptors (Lipinski definition) is 5. The Balaban J connectivity index is 0.00000312. The molecule has 0 aromatic heterocycles. The lowest BCUT2D eigenvalue weighted by molar-refractivity contribution is -0.122. The minimum absolute atomic E-state index is 0. The highest BCUT2D eigenvalue weighted by Crippen LogP contribution is 2.34. The number of carbonyl (C=O) groups excluding carboxylic acids is 1. The third-order valence-electron chi connectivity index (χ3n) is 4.68. The van der Waals surface area contributed by atoms with Crippen molar-refractivity contribution < 1.29 is 19.0 Å². The summed E-state index contributed by atoms with van der Waals surface area (Å²) in [6.07, 6.45) is 4.34. The predicted molar refractivity (Wildman–Crippen MR) is 100.0 cm³/mol. The minimum atomic E-state index is 0. The summed E-state index contributed by atoms with van der Waals surface area (Å²) in [6.45, 7) is 0.528. The van der Waals surface area contributed by atoms with Crippen molar-refractivity contribution in [3.05, 3.63) is 17.7 Å². The second kappa shape index (κ2) is 10.4. The molecule has 0 aliphatic heterocycles. The molecule has 1 aromatic rings. The van der Waals surface area contributed by atoms with E-state index < -0.39 is 0 Å². The SMILES string of the molecule is COc1cc(OC)c(CCNC(=O)C[C@@H]2CCC[C@H]2N)c(OC)c1.Cl. The number of rotatable bonds is 8. The number of benzene rings is 1. The summed E-state index contributed by atoms with van der Waals surface area (Å²) in [5, 5.41) is 2.97. The van der Waals surface area contributed by atoms with E-state index in [0.29, 0.717) is 42.6 Å². The second-order valence-corrected chi connectivity index (χ2v) is 6.17. The summed E-state index contributed by atoms with van der Waals surface area (Å²) in [5.41, 5.74) is 6.94. The molecule has 2 atom stereocenters. The molecule has 2 rings (SSSR count). The number of ether oxygens (including phenoxy) is 3. The number of amides is 1. The van der Waals surface area contributed by atoms with E-state index >= 15 is 0 Å². The standard InChI is InChI=1S/C18H28N2O4.ClH/c1-22-13-10-16(23-2)14(17(11-13)24-3)7-8-20-18(21)9-12-5-4-6-15(12)19;/h10-12,15H,4-9,19H2,1-3H3,(H,20,21);1H/t12-,15+;/m0./s1. The normalized spacial score (nSPS) is 19.0. The van der Waals surface area contributed by atoms with Crippen LogP contribution in [0.2, 0.25) is 0 Å². The summed E-state index contributed by atoms with van der Waals surface area (Å²) in [4.78, 5) is 12.1. The molecule has 0 spiro atoms. The van der Waals surface area contributed by atoms with Crippen LogP contribution in [0.3, 0.4) is 0 Å². The van der Waals surface area contributed by atoms with Crippen molar-refractivity contribution in [3.63, 3.8) is 0 Å². The summed E-state index contributed by atoms with van der Waals surface area (Å²) in [7, 11) is 4.82. The Labute approximate surface area is 155 Å². The van der Waals surface area contributed by atoms with Gasteiger partial charge in [0.2, 0.25) is 5.91 Å². The van der Waals surface area contributed by atoms with Crippen molar-refractivity contribution in [2.24, 2.45) is 11.7 Å². The largest absolute Gasteiger partial charge is 0.496 e. The summed E-state index contributed by atoms with van der Waals surface area (Å²) < 4.78 is 16.1. The van der Waals surface area contributed by atoms with Crippen molar-refractivity contribution in [1.82, 2.24) is 5.32 Å². The van der Waals surface area contributed by atoms with Gasteiger partial charge >= 0.3 is 0 Å². The molecule has 0 unspecified atom stereocenters. The van der Waals surface area contributed by atoms with Crippen molar-refractivity contribution in [1.29, 1.82) is 0 Å². The van der Waals surface area contributed by atoms with Gasteiger partial charge in [0.15, 0.2) is 0 Å². The van der Waals surface area contributed by atoms with Gasteiger partial charge in [-0.2, -0.15) is 0 Å². The van der Waals surface area contributed by atoms with Crippen molar-refractivity contribution in [2.45, 2.75) is 38.1 Å². The molecule has 0 bridgehead atoms. The van der Waals surface area contributed by atoms with Crippen LogP contribution in [0.1, 0.15) is 31.2 Å². The fourth-order valence-corrected chi connectivity index (χ4v) is 3.28. The fourth-order valence-electron chi connectivity index (χ4n) is 3.28. The van der Waals surface area contributed by atoms with Crippen LogP contribution < -0.4 is 25.3 Å². The summed E-state index contributed by atoms with van der Waals surface area (Å²) in [6, 6.07) is 3.80. The molecule has 142 valence electrons. The Morgan fingerprint density at radius 3 is 2.28 bits per heavy atom. The lowest BCUT2D eigenvalue weighted by Gasteiger charge is -2.17. The van der Waals surface area contributed by atoms with E-state index in [1.54, 1.807) is 21.3 Å². The molecule has 1 aliphatic rings. The highest BCUT2D eigenvalue weighted by molar-refractivity contribution is 5.85. The lowest BCUT2D eigenvalue weighted by Crippen LogP contribution is -2.32. The molecule has 6 nitrogen and oxygen atoms in total. The smallest absolute Gasteiger partial charge is 0.220 e. The molecule has 0 saturated heterocycles. The maximum Gasteiger partial charge on any atom is 0.220 e. The van der Waals surface area contributed by atoms with Crippen LogP contribution in [0.5, 0.6) is 17.2 Å². The van der Waals surface area contributed by atoms with Crippen LogP contribution in [0.25, 0.3) is 0 Å². The molecular weight excluding hydrogens is 344 g/mol. The molecular formula is C18H29ClN2O4. The highest BCUT2D eigenvalue weighted by atomic mass is 35.5. The van der Waals surface area contributed by atoms with Gasteiger partial charge in [-0.1, -0.05) is 6.42 Å². The molecule has 1 saturated carbocycles. The Morgan fingerprint density at radius 2 is 1.80 bits per heavy atom. The highest BCUT2D eigenvalue weighted by Gasteiger charge is 2.25. The number of nitrogens with two attached hydrogens (primary N) is 1. The van der Waals surface area contributed by atoms with Gasteiger partial charge < -0.3 is 25.3 Å². The molecule has 1 amide bonds. The average molecular weight is 373 g/mol. The third kappa shape index (κ3) is 5.68. The third-order valence-corrected chi connectivity index (χ3v) is 4.68. The van der Waals surface area contributed by atoms with Crippen molar-refractivity contribution in [2.75, 3.05) is 27.9 Å². The fraction of sp³-hybridized carbons (Fsp3) is 0.611. The molecule has 1 aromatic carbocycles. The van der Waals surface area contributed by atoms with Crippen LogP contribution in [0, 0.1) is 5.92 Å². The maximum atomic E-state index is 12.1. The van der Waals surface area contributed by atoms with E-state index in [1.165, 1.54) is 0 Å². The van der Waals surface area contributed by atoms with E-state index in [-0.39, 0.29) is 24.4 Å². The molecule has 0 heterocycles. The number of halogens is 1. The van der Waals surface area contributed by atoms with Crippen LogP contribution in [-0.4, -0.2) is 39.8 Å². The summed E-state index contributed by atoms with van der Waals surface area (Å²) >= 11 is 0. The van der Waals surface area contributed by atoms with Crippen molar-refractivity contribution in [3.8, 4) is 17.2 Å². The van der Waals surface area contributed by atoms with Gasteiger partial charge in [0.1, 0.15) is 17.2 Å². The number of carbonyl (C=O) groups is 1. The van der Waals surface area contributed by atoms with Gasteiger partial charge in [-0.3, -0.25) is 4.79 Å². The van der Waals surface area contributed by atoms with Gasteiger partial charge in [0, 0.05) is 36.7 Å². The number of hydrogen-bond donors (Lipinski definition) is 2. The molecule has 0 radical (unpaired) electrons. The zero-order chi connectivity index (χ0) is 17.5. The van der Waals surface area contributed by atoms with E-state index in [9.17, 15) is 4.79 Å². The first kappa shape index (κ1) is 21.4. The van der Waals surface area contributed by atoms with Gasteiger partial charge in [-0.05, 0) is 25.2 Å². The monoisotopic (exact) mass is 372 g/mol. The Hall–Kier alpha value is -1.66. The Bertz CT molecular complexity index is 543. The Kier molecular flexibility index (Phi) is 8.86. The zero-order valence-electron chi connectivity index (χ0n) is 15.2. The van der Waals surface area contributed by atoms with E-state index in [0.717, 1.165) is 24.8 Å². The zero-order valence-corrected chi connectivity index (χ0v) is 16.0. The average Bonchev–Trinajstić information content (AvgIpc) is 2.99. The van der Waals surface area contributed by atoms with E-state index in [2.05, 4.69) is 5.32 Å². The second-order valence-electron chi connectivity index (χ2n) is 6.17. The molecule has 25 heavy (non-hydrogen) atoms. The van der Waals surface area contributed by atoms with Crippen LogP contribution in [0.4, 0.5) is 0 Å². The lowest BCUT2D eigenvalue weighted by atomic mass is 10.00. The van der Waals surface area contributed by atoms with Gasteiger partial charge in [-0.25, -0.2) is 0 Å². The van der Waals surface area contributed by atoms with Crippen molar-refractivity contribution >= 4 is 18.3 Å².